The van der Waals surface area contributed by atoms with E-state index in [0.29, 0.717) is 18.8 Å². The van der Waals surface area contributed by atoms with E-state index in [1.54, 1.807) is 0 Å². The molecule has 2 fully saturated rings. The maximum atomic E-state index is 5.85. The number of hydrogen-bond acceptors (Lipinski definition) is 3. The highest BCUT2D eigenvalue weighted by Gasteiger charge is 2.33. The van der Waals surface area contributed by atoms with Crippen molar-refractivity contribution < 1.29 is 4.74 Å². The van der Waals surface area contributed by atoms with E-state index in [1.165, 1.54) is 24.0 Å². The highest BCUT2D eigenvalue weighted by Crippen LogP contribution is 2.27. The molecule has 2 bridgehead atoms. The number of morpholine rings is 1. The SMILES string of the molecule is NCc1cccc(CN2CC3CCC(C2)O3)c1. The van der Waals surface area contributed by atoms with Gasteiger partial charge in [0.2, 0.25) is 0 Å². The summed E-state index contributed by atoms with van der Waals surface area (Å²) in [6, 6.07) is 8.60. The minimum Gasteiger partial charge on any atom is -0.372 e. The number of benzene rings is 1. The molecule has 2 aliphatic rings. The van der Waals surface area contributed by atoms with Gasteiger partial charge in [-0.25, -0.2) is 0 Å². The van der Waals surface area contributed by atoms with Crippen LogP contribution in [0.3, 0.4) is 0 Å². The summed E-state index contributed by atoms with van der Waals surface area (Å²) in [5, 5.41) is 0. The van der Waals surface area contributed by atoms with Gasteiger partial charge in [0, 0.05) is 26.2 Å². The Labute approximate surface area is 103 Å². The molecule has 0 aromatic heterocycles. The molecular formula is C14H20N2O. The van der Waals surface area contributed by atoms with Gasteiger partial charge < -0.3 is 10.5 Å². The van der Waals surface area contributed by atoms with Crippen molar-refractivity contribution >= 4 is 0 Å². The molecule has 0 amide bonds. The van der Waals surface area contributed by atoms with Crippen molar-refractivity contribution in [2.75, 3.05) is 13.1 Å². The molecule has 2 aliphatic heterocycles. The molecule has 1 aromatic rings. The molecule has 2 N–H and O–H groups in total. The first-order chi connectivity index (χ1) is 8.33. The molecule has 0 aliphatic carbocycles. The molecule has 1 aromatic carbocycles. The van der Waals surface area contributed by atoms with E-state index < -0.39 is 0 Å². The van der Waals surface area contributed by atoms with Gasteiger partial charge in [-0.3, -0.25) is 4.90 Å². The molecule has 2 unspecified atom stereocenters. The summed E-state index contributed by atoms with van der Waals surface area (Å²) in [6.07, 6.45) is 3.44. The summed E-state index contributed by atoms with van der Waals surface area (Å²) in [5.41, 5.74) is 8.26. The van der Waals surface area contributed by atoms with Gasteiger partial charge in [0.05, 0.1) is 12.2 Å². The molecule has 0 saturated carbocycles. The number of likely N-dealkylation sites (tertiary alicyclic amines) is 1. The Bertz CT molecular complexity index is 382. The predicted octanol–water partition coefficient (Wildman–Crippen LogP) is 1.51. The number of nitrogens with zero attached hydrogens (tertiary/aromatic N) is 1. The van der Waals surface area contributed by atoms with E-state index in [1.807, 2.05) is 0 Å². The fourth-order valence-corrected chi connectivity index (χ4v) is 2.94. The second-order valence-corrected chi connectivity index (χ2v) is 5.18. The summed E-state index contributed by atoms with van der Waals surface area (Å²) < 4.78 is 5.85. The van der Waals surface area contributed by atoms with Crippen LogP contribution in [0.2, 0.25) is 0 Å². The second kappa shape index (κ2) is 4.77. The highest BCUT2D eigenvalue weighted by atomic mass is 16.5. The van der Waals surface area contributed by atoms with E-state index in [0.717, 1.165) is 19.6 Å². The van der Waals surface area contributed by atoms with Crippen LogP contribution in [0.4, 0.5) is 0 Å². The molecular weight excluding hydrogens is 212 g/mol. The molecule has 0 spiro atoms. The zero-order valence-electron chi connectivity index (χ0n) is 10.1. The first kappa shape index (κ1) is 11.2. The van der Waals surface area contributed by atoms with E-state index in [-0.39, 0.29) is 0 Å². The number of nitrogens with two attached hydrogens (primary N) is 1. The minimum atomic E-state index is 0.478. The van der Waals surface area contributed by atoms with Crippen LogP contribution in [0, 0.1) is 0 Å². The van der Waals surface area contributed by atoms with E-state index in [2.05, 4.69) is 29.2 Å². The van der Waals surface area contributed by atoms with Crippen LogP contribution in [0.1, 0.15) is 24.0 Å². The van der Waals surface area contributed by atoms with Gasteiger partial charge in [-0.2, -0.15) is 0 Å². The van der Waals surface area contributed by atoms with Gasteiger partial charge in [0.15, 0.2) is 0 Å². The maximum absolute atomic E-state index is 5.85. The highest BCUT2D eigenvalue weighted by molar-refractivity contribution is 5.23. The summed E-state index contributed by atoms with van der Waals surface area (Å²) >= 11 is 0. The van der Waals surface area contributed by atoms with Crippen molar-refractivity contribution in [2.24, 2.45) is 5.73 Å². The molecule has 0 radical (unpaired) electrons. The second-order valence-electron chi connectivity index (χ2n) is 5.18. The standard InChI is InChI=1S/C14H20N2O/c15-7-11-2-1-3-12(6-11)8-16-9-13-4-5-14(10-16)17-13/h1-3,6,13-14H,4-5,7-10,15H2. The Morgan fingerprint density at radius 3 is 2.59 bits per heavy atom. The first-order valence-electron chi connectivity index (χ1n) is 6.49. The van der Waals surface area contributed by atoms with E-state index in [9.17, 15) is 0 Å². The van der Waals surface area contributed by atoms with Crippen molar-refractivity contribution in [3.63, 3.8) is 0 Å². The average Bonchev–Trinajstić information content (AvgIpc) is 2.69. The summed E-state index contributed by atoms with van der Waals surface area (Å²) in [6.45, 7) is 3.83. The Balaban J connectivity index is 1.66. The zero-order valence-corrected chi connectivity index (χ0v) is 10.1. The normalized spacial score (nSPS) is 28.5. The molecule has 2 saturated heterocycles. The molecule has 3 heteroatoms. The lowest BCUT2D eigenvalue weighted by Gasteiger charge is -2.32. The molecule has 2 heterocycles. The third-order valence-electron chi connectivity index (χ3n) is 3.75. The maximum Gasteiger partial charge on any atom is 0.0707 e. The molecule has 2 atom stereocenters. The monoisotopic (exact) mass is 232 g/mol. The van der Waals surface area contributed by atoms with Gasteiger partial charge in [0.1, 0.15) is 0 Å². The molecule has 3 rings (SSSR count). The fourth-order valence-electron chi connectivity index (χ4n) is 2.94. The van der Waals surface area contributed by atoms with Crippen molar-refractivity contribution in [1.29, 1.82) is 0 Å². The summed E-state index contributed by atoms with van der Waals surface area (Å²) in [4.78, 5) is 2.52. The Hall–Kier alpha value is -0.900. The van der Waals surface area contributed by atoms with Gasteiger partial charge in [-0.1, -0.05) is 24.3 Å². The van der Waals surface area contributed by atoms with E-state index >= 15 is 0 Å². The minimum absolute atomic E-state index is 0.478. The van der Waals surface area contributed by atoms with Crippen LogP contribution in [-0.4, -0.2) is 30.2 Å². The zero-order chi connectivity index (χ0) is 11.7. The summed E-state index contributed by atoms with van der Waals surface area (Å²) in [5.74, 6) is 0. The predicted molar refractivity (Wildman–Crippen MR) is 67.5 cm³/mol. The van der Waals surface area contributed by atoms with Crippen LogP contribution in [0.5, 0.6) is 0 Å². The number of hydrogen-bond donors (Lipinski definition) is 1. The number of ether oxygens (including phenoxy) is 1. The van der Waals surface area contributed by atoms with Crippen molar-refractivity contribution in [1.82, 2.24) is 4.90 Å². The van der Waals surface area contributed by atoms with Crippen molar-refractivity contribution in [3.8, 4) is 0 Å². The van der Waals surface area contributed by atoms with Crippen molar-refractivity contribution in [2.45, 2.75) is 38.1 Å². The smallest absolute Gasteiger partial charge is 0.0707 e. The third kappa shape index (κ3) is 2.51. The first-order valence-corrected chi connectivity index (χ1v) is 6.49. The summed E-state index contributed by atoms with van der Waals surface area (Å²) in [7, 11) is 0. The Morgan fingerprint density at radius 1 is 1.18 bits per heavy atom. The van der Waals surface area contributed by atoms with Gasteiger partial charge in [0.25, 0.3) is 0 Å². The molecule has 3 nitrogen and oxygen atoms in total. The lowest BCUT2D eigenvalue weighted by Crippen LogP contribution is -2.41. The van der Waals surface area contributed by atoms with E-state index in [4.69, 9.17) is 10.5 Å². The van der Waals surface area contributed by atoms with Crippen LogP contribution in [0.25, 0.3) is 0 Å². The quantitative estimate of drug-likeness (QED) is 0.858. The Morgan fingerprint density at radius 2 is 1.88 bits per heavy atom. The Kier molecular flexibility index (Phi) is 3.14. The molecule has 17 heavy (non-hydrogen) atoms. The lowest BCUT2D eigenvalue weighted by atomic mass is 10.1. The van der Waals surface area contributed by atoms with Crippen molar-refractivity contribution in [3.05, 3.63) is 35.4 Å². The molecule has 92 valence electrons. The number of fused-ring (bicyclic) bond motifs is 2. The van der Waals surface area contributed by atoms with Crippen LogP contribution in [0.15, 0.2) is 24.3 Å². The largest absolute Gasteiger partial charge is 0.372 e. The van der Waals surface area contributed by atoms with Crippen LogP contribution < -0.4 is 5.73 Å². The lowest BCUT2D eigenvalue weighted by molar-refractivity contribution is -0.0410. The topological polar surface area (TPSA) is 38.5 Å². The average molecular weight is 232 g/mol. The van der Waals surface area contributed by atoms with Gasteiger partial charge in [-0.05, 0) is 24.0 Å². The van der Waals surface area contributed by atoms with Gasteiger partial charge in [-0.15, -0.1) is 0 Å². The van der Waals surface area contributed by atoms with Crippen LogP contribution >= 0.6 is 0 Å². The number of rotatable bonds is 3. The van der Waals surface area contributed by atoms with Gasteiger partial charge >= 0.3 is 0 Å². The third-order valence-corrected chi connectivity index (χ3v) is 3.75. The van der Waals surface area contributed by atoms with Crippen LogP contribution in [-0.2, 0) is 17.8 Å². The fraction of sp³-hybridized carbons (Fsp3) is 0.571.